The molecule has 1 aromatic carbocycles. The summed E-state index contributed by atoms with van der Waals surface area (Å²) in [6, 6.07) is 8.07. The van der Waals surface area contributed by atoms with Gasteiger partial charge in [-0.05, 0) is 43.4 Å². The average molecular weight is 382 g/mol. The minimum absolute atomic E-state index is 0.0461. The number of ether oxygens (including phenoxy) is 1. The molecule has 1 aliphatic rings. The summed E-state index contributed by atoms with van der Waals surface area (Å²) in [6.07, 6.45) is 1.47. The molecule has 2 N–H and O–H groups in total. The van der Waals surface area contributed by atoms with Crippen LogP contribution in [0.2, 0.25) is 0 Å². The van der Waals surface area contributed by atoms with Crippen molar-refractivity contribution in [3.05, 3.63) is 29.8 Å². The maximum absolute atomic E-state index is 11.6. The van der Waals surface area contributed by atoms with Gasteiger partial charge in [0.25, 0.3) is 0 Å². The molecule has 0 aromatic heterocycles. The molecular weight excluding hydrogens is 350 g/mol. The van der Waals surface area contributed by atoms with Crippen molar-refractivity contribution in [1.82, 2.24) is 10.6 Å². The summed E-state index contributed by atoms with van der Waals surface area (Å²) < 4.78 is 28.9. The maximum Gasteiger partial charge on any atom is 0.191 e. The number of aliphatic imine (C=N–C) groups is 1. The van der Waals surface area contributed by atoms with Gasteiger partial charge < -0.3 is 15.4 Å². The van der Waals surface area contributed by atoms with Crippen molar-refractivity contribution in [2.45, 2.75) is 39.7 Å². The molecule has 7 heteroatoms. The Hall–Kier alpha value is -1.76. The van der Waals surface area contributed by atoms with Crippen LogP contribution in [0.25, 0.3) is 0 Å². The lowest BCUT2D eigenvalue weighted by molar-refractivity contribution is 0.271. The van der Waals surface area contributed by atoms with E-state index < -0.39 is 9.84 Å². The van der Waals surface area contributed by atoms with Gasteiger partial charge in [0.1, 0.15) is 5.75 Å². The molecule has 0 saturated carbocycles. The minimum atomic E-state index is -2.89. The summed E-state index contributed by atoms with van der Waals surface area (Å²) >= 11 is 0. The molecule has 1 saturated heterocycles. The van der Waals surface area contributed by atoms with Crippen molar-refractivity contribution in [3.63, 3.8) is 0 Å². The SMILES string of the molecule is CCNC(=NCCc1ccc(OCC(C)C)cc1)NC1CCS(=O)(=O)C1. The van der Waals surface area contributed by atoms with E-state index in [4.69, 9.17) is 4.74 Å². The van der Waals surface area contributed by atoms with E-state index >= 15 is 0 Å². The summed E-state index contributed by atoms with van der Waals surface area (Å²) in [5.74, 6) is 2.54. The van der Waals surface area contributed by atoms with Gasteiger partial charge in [-0.2, -0.15) is 0 Å². The maximum atomic E-state index is 11.6. The van der Waals surface area contributed by atoms with Gasteiger partial charge in [-0.15, -0.1) is 0 Å². The van der Waals surface area contributed by atoms with Crippen LogP contribution in [-0.4, -0.2) is 51.6 Å². The molecule has 2 rings (SSSR count). The van der Waals surface area contributed by atoms with Crippen LogP contribution in [0.15, 0.2) is 29.3 Å². The monoisotopic (exact) mass is 381 g/mol. The highest BCUT2D eigenvalue weighted by molar-refractivity contribution is 7.91. The smallest absolute Gasteiger partial charge is 0.191 e. The Kier molecular flexibility index (Phi) is 7.75. The van der Waals surface area contributed by atoms with E-state index in [1.54, 1.807) is 0 Å². The van der Waals surface area contributed by atoms with E-state index in [2.05, 4.69) is 41.6 Å². The molecule has 0 aliphatic carbocycles. The van der Waals surface area contributed by atoms with E-state index in [1.165, 1.54) is 5.56 Å². The molecule has 0 amide bonds. The second-order valence-corrected chi connectivity index (χ2v) is 9.33. The molecule has 146 valence electrons. The van der Waals surface area contributed by atoms with E-state index in [-0.39, 0.29) is 17.5 Å². The van der Waals surface area contributed by atoms with Gasteiger partial charge in [-0.1, -0.05) is 26.0 Å². The third-order valence-corrected chi connectivity index (χ3v) is 5.86. The van der Waals surface area contributed by atoms with Gasteiger partial charge in [-0.3, -0.25) is 4.99 Å². The van der Waals surface area contributed by atoms with Gasteiger partial charge in [0.05, 0.1) is 18.1 Å². The molecule has 1 unspecified atom stereocenters. The van der Waals surface area contributed by atoms with Crippen LogP contribution >= 0.6 is 0 Å². The second kappa shape index (κ2) is 9.80. The molecular formula is C19H31N3O3S. The molecule has 1 aromatic rings. The van der Waals surface area contributed by atoms with E-state index in [0.717, 1.165) is 25.3 Å². The van der Waals surface area contributed by atoms with Crippen LogP contribution in [0.4, 0.5) is 0 Å². The largest absolute Gasteiger partial charge is 0.493 e. The van der Waals surface area contributed by atoms with Crippen LogP contribution in [0.5, 0.6) is 5.75 Å². The summed E-state index contributed by atoms with van der Waals surface area (Å²) in [5.41, 5.74) is 1.20. The summed E-state index contributed by atoms with van der Waals surface area (Å²) in [7, 11) is -2.89. The number of sulfone groups is 1. The highest BCUT2D eigenvalue weighted by Gasteiger charge is 2.28. The summed E-state index contributed by atoms with van der Waals surface area (Å²) in [4.78, 5) is 4.57. The Bertz CT molecular complexity index is 684. The highest BCUT2D eigenvalue weighted by atomic mass is 32.2. The number of guanidine groups is 1. The van der Waals surface area contributed by atoms with Gasteiger partial charge in [0, 0.05) is 19.1 Å². The third kappa shape index (κ3) is 7.23. The van der Waals surface area contributed by atoms with Crippen molar-refractivity contribution in [3.8, 4) is 5.75 Å². The summed E-state index contributed by atoms with van der Waals surface area (Å²) in [6.45, 7) is 8.36. The zero-order valence-corrected chi connectivity index (χ0v) is 16.8. The molecule has 0 spiro atoms. The highest BCUT2D eigenvalue weighted by Crippen LogP contribution is 2.14. The van der Waals surface area contributed by atoms with Crippen LogP contribution < -0.4 is 15.4 Å². The molecule has 6 nitrogen and oxygen atoms in total. The predicted octanol–water partition coefficient (Wildman–Crippen LogP) is 2.01. The number of rotatable bonds is 8. The van der Waals surface area contributed by atoms with Gasteiger partial charge >= 0.3 is 0 Å². The number of nitrogens with one attached hydrogen (secondary N) is 2. The fraction of sp³-hybridized carbons (Fsp3) is 0.632. The normalized spacial score (nSPS) is 19.5. The molecule has 1 heterocycles. The Balaban J connectivity index is 1.83. The van der Waals surface area contributed by atoms with E-state index in [1.807, 2.05) is 19.1 Å². The standard InChI is InChI=1S/C19H31N3O3S/c1-4-20-19(22-17-10-12-26(23,24)14-17)21-11-9-16-5-7-18(8-6-16)25-13-15(2)3/h5-8,15,17H,4,9-14H2,1-3H3,(H2,20,21,22). The number of benzene rings is 1. The van der Waals surface area contributed by atoms with Crippen LogP contribution in [0.1, 0.15) is 32.8 Å². The molecule has 1 fully saturated rings. The lowest BCUT2D eigenvalue weighted by Crippen LogP contribution is -2.44. The molecule has 26 heavy (non-hydrogen) atoms. The zero-order chi connectivity index (χ0) is 19.0. The average Bonchev–Trinajstić information content (AvgIpc) is 2.93. The Morgan fingerprint density at radius 2 is 2.04 bits per heavy atom. The van der Waals surface area contributed by atoms with Crippen LogP contribution in [0.3, 0.4) is 0 Å². The first-order chi connectivity index (χ1) is 12.4. The lowest BCUT2D eigenvalue weighted by Gasteiger charge is -2.15. The van der Waals surface area contributed by atoms with E-state index in [0.29, 0.717) is 24.8 Å². The molecule has 1 aliphatic heterocycles. The van der Waals surface area contributed by atoms with Crippen molar-refractivity contribution < 1.29 is 13.2 Å². The minimum Gasteiger partial charge on any atom is -0.493 e. The second-order valence-electron chi connectivity index (χ2n) is 7.10. The fourth-order valence-corrected chi connectivity index (χ4v) is 4.41. The van der Waals surface area contributed by atoms with Gasteiger partial charge in [0.15, 0.2) is 15.8 Å². The molecule has 0 radical (unpaired) electrons. The van der Waals surface area contributed by atoms with Crippen molar-refractivity contribution >= 4 is 15.8 Å². The van der Waals surface area contributed by atoms with Crippen LogP contribution in [0, 0.1) is 5.92 Å². The third-order valence-electron chi connectivity index (χ3n) is 4.09. The first-order valence-corrected chi connectivity index (χ1v) is 11.2. The van der Waals surface area contributed by atoms with Crippen LogP contribution in [-0.2, 0) is 16.3 Å². The van der Waals surface area contributed by atoms with Crippen molar-refractivity contribution in [2.75, 3.05) is 31.2 Å². The van der Waals surface area contributed by atoms with E-state index in [9.17, 15) is 8.42 Å². The number of nitrogens with zero attached hydrogens (tertiary/aromatic N) is 1. The lowest BCUT2D eigenvalue weighted by atomic mass is 10.1. The Morgan fingerprint density at radius 3 is 2.62 bits per heavy atom. The quantitative estimate of drug-likeness (QED) is 0.532. The number of hydrogen-bond acceptors (Lipinski definition) is 4. The Morgan fingerprint density at radius 1 is 1.31 bits per heavy atom. The van der Waals surface area contributed by atoms with Crippen molar-refractivity contribution in [2.24, 2.45) is 10.9 Å². The first-order valence-electron chi connectivity index (χ1n) is 9.35. The molecule has 0 bridgehead atoms. The first kappa shape index (κ1) is 20.6. The zero-order valence-electron chi connectivity index (χ0n) is 16.0. The van der Waals surface area contributed by atoms with Crippen molar-refractivity contribution in [1.29, 1.82) is 0 Å². The number of hydrogen-bond donors (Lipinski definition) is 2. The topological polar surface area (TPSA) is 79.8 Å². The summed E-state index contributed by atoms with van der Waals surface area (Å²) in [5, 5.41) is 6.42. The fourth-order valence-electron chi connectivity index (χ4n) is 2.73. The Labute approximate surface area is 157 Å². The van der Waals surface area contributed by atoms with Gasteiger partial charge in [0.2, 0.25) is 0 Å². The predicted molar refractivity (Wildman–Crippen MR) is 107 cm³/mol. The molecule has 1 atom stereocenters. The van der Waals surface area contributed by atoms with Gasteiger partial charge in [-0.25, -0.2) is 8.42 Å².